The molecular formula is C22H19F5N4O4. The Morgan fingerprint density at radius 2 is 1.77 bits per heavy atom. The molecule has 3 heterocycles. The summed E-state index contributed by atoms with van der Waals surface area (Å²) in [7, 11) is 1.57. The van der Waals surface area contributed by atoms with E-state index in [0.29, 0.717) is 44.4 Å². The zero-order valence-electron chi connectivity index (χ0n) is 18.3. The number of alkyl halides is 3. The average molecular weight is 498 g/mol. The van der Waals surface area contributed by atoms with Crippen molar-refractivity contribution in [2.75, 3.05) is 31.2 Å². The Morgan fingerprint density at radius 1 is 1.09 bits per heavy atom. The van der Waals surface area contributed by atoms with Crippen LogP contribution in [-0.2, 0) is 24.6 Å². The maximum absolute atomic E-state index is 14.5. The van der Waals surface area contributed by atoms with Crippen molar-refractivity contribution in [1.82, 2.24) is 14.5 Å². The number of nitrogens with zero attached hydrogens (tertiary/aromatic N) is 4. The molecule has 0 aliphatic carbocycles. The van der Waals surface area contributed by atoms with E-state index in [4.69, 9.17) is 14.2 Å². The molecule has 1 aliphatic rings. The number of benzene rings is 1. The molecule has 0 radical (unpaired) electrons. The number of aromatic nitrogens is 3. The van der Waals surface area contributed by atoms with Gasteiger partial charge in [0.1, 0.15) is 23.9 Å². The van der Waals surface area contributed by atoms with Gasteiger partial charge in [-0.2, -0.15) is 18.2 Å². The van der Waals surface area contributed by atoms with Crippen molar-refractivity contribution in [2.45, 2.75) is 12.8 Å². The number of hydrogen-bond donors (Lipinski definition) is 0. The minimum Gasteiger partial charge on any atom is -0.473 e. The van der Waals surface area contributed by atoms with Crippen LogP contribution in [0.5, 0.6) is 17.4 Å². The van der Waals surface area contributed by atoms with E-state index in [-0.39, 0.29) is 23.8 Å². The molecule has 0 atom stereocenters. The summed E-state index contributed by atoms with van der Waals surface area (Å²) in [6, 6.07) is 4.98. The van der Waals surface area contributed by atoms with Crippen LogP contribution in [0.3, 0.4) is 0 Å². The fourth-order valence-electron chi connectivity index (χ4n) is 3.35. The van der Waals surface area contributed by atoms with E-state index >= 15 is 0 Å². The molecular weight excluding hydrogens is 479 g/mol. The van der Waals surface area contributed by atoms with Crippen LogP contribution >= 0.6 is 0 Å². The number of halogens is 5. The van der Waals surface area contributed by atoms with Crippen LogP contribution in [0.25, 0.3) is 0 Å². The van der Waals surface area contributed by atoms with Gasteiger partial charge in [-0.15, -0.1) is 0 Å². The van der Waals surface area contributed by atoms with Gasteiger partial charge in [-0.25, -0.2) is 18.6 Å². The zero-order valence-corrected chi connectivity index (χ0v) is 18.3. The van der Waals surface area contributed by atoms with Gasteiger partial charge in [0.25, 0.3) is 0 Å². The van der Waals surface area contributed by atoms with Gasteiger partial charge in [0.2, 0.25) is 5.88 Å². The van der Waals surface area contributed by atoms with Crippen LogP contribution in [0.15, 0.2) is 41.3 Å². The first kappa shape index (κ1) is 24.4. The van der Waals surface area contributed by atoms with Crippen LogP contribution < -0.4 is 20.1 Å². The maximum atomic E-state index is 14.5. The monoisotopic (exact) mass is 498 g/mol. The zero-order chi connectivity index (χ0) is 25.2. The van der Waals surface area contributed by atoms with Crippen molar-refractivity contribution in [3.05, 3.63) is 69.9 Å². The van der Waals surface area contributed by atoms with Gasteiger partial charge in [0, 0.05) is 26.2 Å². The van der Waals surface area contributed by atoms with Crippen LogP contribution in [0.4, 0.5) is 27.8 Å². The molecule has 1 fully saturated rings. The lowest BCUT2D eigenvalue weighted by Gasteiger charge is -2.29. The number of morpholine rings is 1. The summed E-state index contributed by atoms with van der Waals surface area (Å²) in [5.74, 6) is -2.75. The van der Waals surface area contributed by atoms with Gasteiger partial charge >= 0.3 is 11.9 Å². The third-order valence-corrected chi connectivity index (χ3v) is 5.12. The lowest BCUT2D eigenvalue weighted by atomic mass is 10.2. The average Bonchev–Trinajstić information content (AvgIpc) is 2.82. The van der Waals surface area contributed by atoms with Gasteiger partial charge in [0.15, 0.2) is 17.4 Å². The molecule has 3 aromatic rings. The number of hydrogen-bond acceptors (Lipinski definition) is 7. The molecule has 4 rings (SSSR count). The van der Waals surface area contributed by atoms with Crippen LogP contribution in [-0.4, -0.2) is 40.8 Å². The first-order valence-electron chi connectivity index (χ1n) is 10.3. The number of pyridine rings is 1. The summed E-state index contributed by atoms with van der Waals surface area (Å²) in [5.41, 5.74) is -1.65. The fraction of sp³-hybridized carbons (Fsp3) is 0.318. The lowest BCUT2D eigenvalue weighted by Crippen LogP contribution is -2.39. The van der Waals surface area contributed by atoms with Crippen molar-refractivity contribution in [3.63, 3.8) is 0 Å². The molecule has 8 nitrogen and oxygen atoms in total. The van der Waals surface area contributed by atoms with Crippen LogP contribution in [0.1, 0.15) is 11.3 Å². The second-order valence-electron chi connectivity index (χ2n) is 7.55. The van der Waals surface area contributed by atoms with Crippen molar-refractivity contribution in [3.8, 4) is 17.4 Å². The largest absolute Gasteiger partial charge is 0.473 e. The first-order chi connectivity index (χ1) is 16.6. The minimum absolute atomic E-state index is 0.0217. The second-order valence-corrected chi connectivity index (χ2v) is 7.55. The summed E-state index contributed by atoms with van der Waals surface area (Å²) >= 11 is 0. The third-order valence-electron chi connectivity index (χ3n) is 5.12. The number of anilines is 1. The Hall–Kier alpha value is -3.74. The molecule has 1 saturated heterocycles. The first-order valence-corrected chi connectivity index (χ1v) is 10.3. The van der Waals surface area contributed by atoms with E-state index < -0.39 is 34.9 Å². The highest BCUT2D eigenvalue weighted by Gasteiger charge is 2.32. The van der Waals surface area contributed by atoms with Crippen molar-refractivity contribution in [1.29, 1.82) is 0 Å². The molecule has 186 valence electrons. The Kier molecular flexibility index (Phi) is 6.87. The minimum atomic E-state index is -4.66. The highest BCUT2D eigenvalue weighted by Crippen LogP contribution is 2.32. The predicted molar refractivity (Wildman–Crippen MR) is 113 cm³/mol. The Balaban J connectivity index is 1.47. The second kappa shape index (κ2) is 9.86. The molecule has 0 amide bonds. The molecule has 0 saturated carbocycles. The van der Waals surface area contributed by atoms with Crippen molar-refractivity contribution >= 4 is 5.82 Å². The van der Waals surface area contributed by atoms with E-state index in [2.05, 4.69) is 9.97 Å². The van der Waals surface area contributed by atoms with E-state index in [1.807, 2.05) is 4.90 Å². The van der Waals surface area contributed by atoms with E-state index in [1.54, 1.807) is 13.1 Å². The highest BCUT2D eigenvalue weighted by atomic mass is 19.4. The summed E-state index contributed by atoms with van der Waals surface area (Å²) in [6.07, 6.45) is -3.94. The summed E-state index contributed by atoms with van der Waals surface area (Å²) in [5, 5.41) is 0. The van der Waals surface area contributed by atoms with E-state index in [1.165, 1.54) is 4.57 Å². The van der Waals surface area contributed by atoms with Gasteiger partial charge in [-0.3, -0.25) is 4.57 Å². The molecule has 1 aromatic carbocycles. The maximum Gasteiger partial charge on any atom is 0.433 e. The van der Waals surface area contributed by atoms with Crippen molar-refractivity contribution in [2.24, 2.45) is 7.05 Å². The lowest BCUT2D eigenvalue weighted by molar-refractivity contribution is -0.141. The predicted octanol–water partition coefficient (Wildman–Crippen LogP) is 3.68. The molecule has 35 heavy (non-hydrogen) atoms. The normalized spacial score (nSPS) is 14.2. The van der Waals surface area contributed by atoms with Crippen LogP contribution in [0, 0.1) is 11.6 Å². The van der Waals surface area contributed by atoms with Crippen LogP contribution in [0.2, 0.25) is 0 Å². The van der Waals surface area contributed by atoms with Gasteiger partial charge in [-0.1, -0.05) is 0 Å². The fourth-order valence-corrected chi connectivity index (χ4v) is 3.35. The SMILES string of the molecule is Cn1c(N2CCOCC2)cc(OCc2cc(F)c(Oc3ccc(C(F)(F)F)nc3)c(F)c2)nc1=O. The molecule has 13 heteroatoms. The Labute approximate surface area is 195 Å². The molecule has 0 bridgehead atoms. The third kappa shape index (κ3) is 5.67. The summed E-state index contributed by atoms with van der Waals surface area (Å²) in [6.45, 7) is 1.84. The van der Waals surface area contributed by atoms with E-state index in [9.17, 15) is 26.7 Å². The molecule has 0 unspecified atom stereocenters. The topological polar surface area (TPSA) is 78.7 Å². The summed E-state index contributed by atoms with van der Waals surface area (Å²) in [4.78, 5) is 21.2. The standard InChI is InChI=1S/C22H19F5N4O4/c1-30-19(31-4-6-33-7-5-31)10-18(29-21(30)32)34-12-13-8-15(23)20(16(24)9-13)35-14-2-3-17(28-11-14)22(25,26)27/h2-3,8-11H,4-7,12H2,1H3. The molecule has 1 aliphatic heterocycles. The van der Waals surface area contributed by atoms with Gasteiger partial charge < -0.3 is 19.1 Å². The molecule has 0 spiro atoms. The smallest absolute Gasteiger partial charge is 0.433 e. The van der Waals surface area contributed by atoms with E-state index in [0.717, 1.165) is 18.2 Å². The highest BCUT2D eigenvalue weighted by molar-refractivity contribution is 5.43. The van der Waals surface area contributed by atoms with Gasteiger partial charge in [-0.05, 0) is 29.8 Å². The quantitative estimate of drug-likeness (QED) is 0.480. The number of rotatable bonds is 6. The van der Waals surface area contributed by atoms with Crippen molar-refractivity contribution < 1.29 is 36.2 Å². The Bertz CT molecular complexity index is 1240. The molecule has 0 N–H and O–H groups in total. The summed E-state index contributed by atoms with van der Waals surface area (Å²) < 4.78 is 84.0. The van der Waals surface area contributed by atoms with Gasteiger partial charge in [0.05, 0.1) is 19.4 Å². The Morgan fingerprint density at radius 3 is 2.37 bits per heavy atom. The molecule has 2 aromatic heterocycles. The number of ether oxygens (including phenoxy) is 3.